The number of nitrogens with one attached hydrogen (secondary N) is 1. The molecule has 0 radical (unpaired) electrons. The summed E-state index contributed by atoms with van der Waals surface area (Å²) >= 11 is 0. The molecule has 1 N–H and O–H groups in total. The quantitative estimate of drug-likeness (QED) is 0.750. The summed E-state index contributed by atoms with van der Waals surface area (Å²) in [4.78, 5) is 0. The van der Waals surface area contributed by atoms with Crippen molar-refractivity contribution in [3.63, 3.8) is 0 Å². The van der Waals surface area contributed by atoms with Crippen LogP contribution in [0.3, 0.4) is 0 Å². The van der Waals surface area contributed by atoms with Gasteiger partial charge in [-0.25, -0.2) is 0 Å². The first-order valence-electron chi connectivity index (χ1n) is 7.86. The van der Waals surface area contributed by atoms with E-state index in [1.54, 1.807) is 30.3 Å². The second kappa shape index (κ2) is 7.30. The van der Waals surface area contributed by atoms with Crippen LogP contribution in [0.5, 0.6) is 0 Å². The van der Waals surface area contributed by atoms with E-state index in [1.165, 1.54) is 12.8 Å². The van der Waals surface area contributed by atoms with Crippen LogP contribution in [0.4, 0.5) is 13.2 Å². The fourth-order valence-electron chi connectivity index (χ4n) is 3.24. The predicted octanol–water partition coefficient (Wildman–Crippen LogP) is 5.24. The molecule has 1 aliphatic carbocycles. The minimum absolute atomic E-state index is 0.116. The van der Waals surface area contributed by atoms with E-state index in [2.05, 4.69) is 5.32 Å². The summed E-state index contributed by atoms with van der Waals surface area (Å²) in [6.45, 7) is 1.90. The Hall–Kier alpha value is -1.03. The predicted molar refractivity (Wildman–Crippen MR) is 79.0 cm³/mol. The highest BCUT2D eigenvalue weighted by molar-refractivity contribution is 5.20. The average Bonchev–Trinajstić information content (AvgIpc) is 2.73. The van der Waals surface area contributed by atoms with Crippen LogP contribution < -0.4 is 5.32 Å². The minimum atomic E-state index is -4.26. The third-order valence-electron chi connectivity index (χ3n) is 4.50. The second-order valence-corrected chi connectivity index (χ2v) is 6.09. The highest BCUT2D eigenvalue weighted by Gasteiger charge is 2.41. The molecule has 4 heteroatoms. The van der Waals surface area contributed by atoms with Crippen molar-refractivity contribution in [1.82, 2.24) is 5.32 Å². The summed E-state index contributed by atoms with van der Waals surface area (Å²) in [5.74, 6) is 0.348. The van der Waals surface area contributed by atoms with Crippen LogP contribution in [0.1, 0.15) is 57.1 Å². The Morgan fingerprint density at radius 3 is 2.10 bits per heavy atom. The lowest BCUT2D eigenvalue weighted by molar-refractivity contribution is -0.160. The molecule has 1 nitrogen and oxygen atoms in total. The molecule has 0 heterocycles. The number of rotatable bonds is 4. The minimum Gasteiger partial charge on any atom is -0.300 e. The largest absolute Gasteiger partial charge is 0.407 e. The van der Waals surface area contributed by atoms with E-state index in [0.717, 1.165) is 25.7 Å². The maximum atomic E-state index is 13.4. The zero-order chi connectivity index (χ0) is 15.3. The number of hydrogen-bond acceptors (Lipinski definition) is 1. The molecular formula is C17H24F3N. The number of hydrogen-bond donors (Lipinski definition) is 1. The van der Waals surface area contributed by atoms with Gasteiger partial charge in [0.25, 0.3) is 0 Å². The molecule has 0 aliphatic heterocycles. The number of benzene rings is 1. The zero-order valence-electron chi connectivity index (χ0n) is 12.5. The molecule has 0 amide bonds. The van der Waals surface area contributed by atoms with Crippen molar-refractivity contribution >= 4 is 0 Å². The summed E-state index contributed by atoms with van der Waals surface area (Å²) in [6.07, 6.45) is 2.51. The van der Waals surface area contributed by atoms with Gasteiger partial charge in [0.05, 0.1) is 0 Å². The molecule has 0 bridgehead atoms. The Bertz CT molecular complexity index is 408. The molecule has 1 aromatic rings. The first-order chi connectivity index (χ1) is 9.98. The van der Waals surface area contributed by atoms with Crippen LogP contribution in [0.2, 0.25) is 0 Å². The third kappa shape index (κ3) is 4.73. The van der Waals surface area contributed by atoms with E-state index in [1.807, 2.05) is 6.92 Å². The standard InChI is InChI=1S/C17H24F3N/c1-13(14-9-5-2-3-6-10-14)21-16(17(18,19)20)15-11-7-4-8-12-15/h4,7-8,11-14,16,21H,2-3,5-6,9-10H2,1H3/t13-,16?/m1/s1. The Balaban J connectivity index is 2.08. The first kappa shape index (κ1) is 16.3. The van der Waals surface area contributed by atoms with E-state index in [4.69, 9.17) is 0 Å². The van der Waals surface area contributed by atoms with Gasteiger partial charge < -0.3 is 0 Å². The topological polar surface area (TPSA) is 12.0 Å². The van der Waals surface area contributed by atoms with Gasteiger partial charge in [0.15, 0.2) is 0 Å². The van der Waals surface area contributed by atoms with E-state index in [9.17, 15) is 13.2 Å². The lowest BCUT2D eigenvalue weighted by Gasteiger charge is -2.30. The highest BCUT2D eigenvalue weighted by atomic mass is 19.4. The Morgan fingerprint density at radius 1 is 1.00 bits per heavy atom. The molecule has 2 atom stereocenters. The summed E-state index contributed by atoms with van der Waals surface area (Å²) < 4.78 is 40.1. The van der Waals surface area contributed by atoms with Gasteiger partial charge in [0.2, 0.25) is 0 Å². The second-order valence-electron chi connectivity index (χ2n) is 6.09. The van der Waals surface area contributed by atoms with Gasteiger partial charge >= 0.3 is 6.18 Å². The Morgan fingerprint density at radius 2 is 1.57 bits per heavy atom. The highest BCUT2D eigenvalue weighted by Crippen LogP contribution is 2.35. The molecule has 1 fully saturated rings. The molecular weight excluding hydrogens is 275 g/mol. The number of alkyl halides is 3. The van der Waals surface area contributed by atoms with Crippen LogP contribution in [0.15, 0.2) is 30.3 Å². The van der Waals surface area contributed by atoms with E-state index in [-0.39, 0.29) is 6.04 Å². The zero-order valence-corrected chi connectivity index (χ0v) is 12.5. The smallest absolute Gasteiger partial charge is 0.300 e. The maximum Gasteiger partial charge on any atom is 0.407 e. The fraction of sp³-hybridized carbons (Fsp3) is 0.647. The van der Waals surface area contributed by atoms with E-state index < -0.39 is 12.2 Å². The van der Waals surface area contributed by atoms with Crippen LogP contribution in [0, 0.1) is 5.92 Å². The SMILES string of the molecule is C[C@@H](NC(c1ccccc1)C(F)(F)F)C1CCCCCC1. The van der Waals surface area contributed by atoms with Gasteiger partial charge in [0, 0.05) is 6.04 Å². The fourth-order valence-corrected chi connectivity index (χ4v) is 3.24. The molecule has 0 spiro atoms. The van der Waals surface area contributed by atoms with Crippen LogP contribution in [-0.4, -0.2) is 12.2 Å². The van der Waals surface area contributed by atoms with Crippen molar-refractivity contribution in [2.45, 2.75) is 63.7 Å². The van der Waals surface area contributed by atoms with Crippen molar-refractivity contribution in [2.24, 2.45) is 5.92 Å². The van der Waals surface area contributed by atoms with E-state index >= 15 is 0 Å². The maximum absolute atomic E-state index is 13.4. The summed E-state index contributed by atoms with van der Waals surface area (Å²) in [5, 5.41) is 2.85. The third-order valence-corrected chi connectivity index (χ3v) is 4.50. The van der Waals surface area contributed by atoms with E-state index in [0.29, 0.717) is 11.5 Å². The van der Waals surface area contributed by atoms with Gasteiger partial charge in [-0.2, -0.15) is 13.2 Å². The molecule has 118 valence electrons. The molecule has 0 aromatic heterocycles. The molecule has 1 aliphatic rings. The molecule has 1 saturated carbocycles. The Labute approximate surface area is 124 Å². The van der Waals surface area contributed by atoms with Gasteiger partial charge in [0.1, 0.15) is 6.04 Å². The van der Waals surface area contributed by atoms with Gasteiger partial charge in [-0.1, -0.05) is 56.0 Å². The Kier molecular flexibility index (Phi) is 5.68. The van der Waals surface area contributed by atoms with Crippen molar-refractivity contribution in [1.29, 1.82) is 0 Å². The molecule has 0 saturated heterocycles. The number of halogens is 3. The molecule has 1 unspecified atom stereocenters. The molecule has 1 aromatic carbocycles. The van der Waals surface area contributed by atoms with Gasteiger partial charge in [-0.05, 0) is 31.2 Å². The summed E-state index contributed by atoms with van der Waals surface area (Å²) in [5.41, 5.74) is 0.297. The van der Waals surface area contributed by atoms with Crippen LogP contribution >= 0.6 is 0 Å². The van der Waals surface area contributed by atoms with Crippen LogP contribution in [-0.2, 0) is 0 Å². The van der Waals surface area contributed by atoms with Crippen molar-refractivity contribution in [3.8, 4) is 0 Å². The average molecular weight is 299 g/mol. The lowest BCUT2D eigenvalue weighted by Crippen LogP contribution is -2.42. The van der Waals surface area contributed by atoms with Gasteiger partial charge in [-0.15, -0.1) is 0 Å². The first-order valence-corrected chi connectivity index (χ1v) is 7.86. The summed E-state index contributed by atoms with van der Waals surface area (Å²) in [6, 6.07) is 6.46. The van der Waals surface area contributed by atoms with Crippen molar-refractivity contribution in [3.05, 3.63) is 35.9 Å². The monoisotopic (exact) mass is 299 g/mol. The van der Waals surface area contributed by atoms with Crippen molar-refractivity contribution in [2.75, 3.05) is 0 Å². The van der Waals surface area contributed by atoms with Crippen LogP contribution in [0.25, 0.3) is 0 Å². The summed E-state index contributed by atoms with van der Waals surface area (Å²) in [7, 11) is 0. The lowest BCUT2D eigenvalue weighted by atomic mass is 9.91. The van der Waals surface area contributed by atoms with Gasteiger partial charge in [-0.3, -0.25) is 5.32 Å². The normalized spacial score (nSPS) is 20.8. The molecule has 21 heavy (non-hydrogen) atoms. The van der Waals surface area contributed by atoms with Crippen molar-refractivity contribution < 1.29 is 13.2 Å². The molecule has 2 rings (SSSR count).